The molecule has 0 aromatic carbocycles. The predicted molar refractivity (Wildman–Crippen MR) is 68.6 cm³/mol. The van der Waals surface area contributed by atoms with Crippen molar-refractivity contribution in [2.24, 2.45) is 0 Å². The zero-order chi connectivity index (χ0) is 11.7. The van der Waals surface area contributed by atoms with Gasteiger partial charge in [0.1, 0.15) is 5.01 Å². The van der Waals surface area contributed by atoms with E-state index >= 15 is 0 Å². The molecule has 2 saturated carbocycles. The monoisotopic (exact) mass is 253 g/mol. The lowest BCUT2D eigenvalue weighted by Gasteiger charge is -2.28. The van der Waals surface area contributed by atoms with E-state index in [1.54, 1.807) is 11.3 Å². The van der Waals surface area contributed by atoms with Crippen LogP contribution in [0.4, 0.5) is 5.13 Å². The number of aromatic nitrogens is 2. The summed E-state index contributed by atoms with van der Waals surface area (Å²) in [6, 6.07) is 0.508. The van der Waals surface area contributed by atoms with Gasteiger partial charge in [-0.3, -0.25) is 0 Å². The minimum absolute atomic E-state index is 0.414. The lowest BCUT2D eigenvalue weighted by molar-refractivity contribution is 0.0669. The molecule has 0 aliphatic heterocycles. The van der Waals surface area contributed by atoms with E-state index < -0.39 is 0 Å². The van der Waals surface area contributed by atoms with Gasteiger partial charge in [-0.05, 0) is 38.5 Å². The van der Waals surface area contributed by atoms with E-state index in [-0.39, 0.29) is 0 Å². The third kappa shape index (κ3) is 2.77. The Kier molecular flexibility index (Phi) is 3.29. The Morgan fingerprint density at radius 1 is 1.24 bits per heavy atom. The van der Waals surface area contributed by atoms with E-state index in [0.717, 1.165) is 11.6 Å². The molecule has 0 bridgehead atoms. The molecular weight excluding hydrogens is 234 g/mol. The lowest BCUT2D eigenvalue weighted by atomic mass is 9.93. The van der Waals surface area contributed by atoms with Crippen molar-refractivity contribution in [1.82, 2.24) is 10.2 Å². The average molecular weight is 253 g/mol. The summed E-state index contributed by atoms with van der Waals surface area (Å²) < 4.78 is 5.44. The minimum atomic E-state index is 0.414. The Balaban J connectivity index is 1.57. The first-order valence-electron chi connectivity index (χ1n) is 6.48. The van der Waals surface area contributed by atoms with Crippen LogP contribution in [0.3, 0.4) is 0 Å². The fraction of sp³-hybridized carbons (Fsp3) is 0.833. The van der Waals surface area contributed by atoms with Crippen molar-refractivity contribution in [3.8, 4) is 0 Å². The fourth-order valence-electron chi connectivity index (χ4n) is 2.45. The Hall–Kier alpha value is -0.680. The molecule has 0 saturated heterocycles. The number of nitrogens with zero attached hydrogens (tertiary/aromatic N) is 2. The second kappa shape index (κ2) is 4.90. The van der Waals surface area contributed by atoms with Crippen LogP contribution in [0.15, 0.2) is 0 Å². The van der Waals surface area contributed by atoms with Gasteiger partial charge in [-0.15, -0.1) is 10.2 Å². The summed E-state index contributed by atoms with van der Waals surface area (Å²) in [5, 5.41) is 14.2. The zero-order valence-corrected chi connectivity index (χ0v) is 11.0. The number of hydrogen-bond donors (Lipinski definition) is 1. The molecule has 2 unspecified atom stereocenters. The first-order chi connectivity index (χ1) is 8.35. The van der Waals surface area contributed by atoms with Crippen molar-refractivity contribution >= 4 is 16.5 Å². The molecule has 1 heterocycles. The quantitative estimate of drug-likeness (QED) is 0.896. The highest BCUT2D eigenvalue weighted by Crippen LogP contribution is 2.42. The third-order valence-electron chi connectivity index (χ3n) is 3.65. The first-order valence-corrected chi connectivity index (χ1v) is 7.29. The van der Waals surface area contributed by atoms with Gasteiger partial charge >= 0.3 is 0 Å². The Morgan fingerprint density at radius 3 is 2.88 bits per heavy atom. The summed E-state index contributed by atoms with van der Waals surface area (Å²) >= 11 is 1.73. The molecule has 2 fully saturated rings. The van der Waals surface area contributed by atoms with Gasteiger partial charge in [-0.2, -0.15) is 0 Å². The molecule has 4 nitrogen and oxygen atoms in total. The molecule has 1 aromatic heterocycles. The second-order valence-corrected chi connectivity index (χ2v) is 6.09. The van der Waals surface area contributed by atoms with Crippen molar-refractivity contribution in [2.75, 3.05) is 12.4 Å². The number of anilines is 1. The highest BCUT2D eigenvalue weighted by atomic mass is 32.1. The van der Waals surface area contributed by atoms with Crippen LogP contribution in [0.2, 0.25) is 0 Å². The molecule has 17 heavy (non-hydrogen) atoms. The van der Waals surface area contributed by atoms with Gasteiger partial charge in [0.2, 0.25) is 5.13 Å². The van der Waals surface area contributed by atoms with E-state index in [0.29, 0.717) is 18.1 Å². The molecule has 0 spiro atoms. The zero-order valence-electron chi connectivity index (χ0n) is 10.2. The first kappa shape index (κ1) is 11.4. The molecule has 3 rings (SSSR count). The number of hydrogen-bond acceptors (Lipinski definition) is 5. The maximum absolute atomic E-state index is 5.44. The summed E-state index contributed by atoms with van der Waals surface area (Å²) in [6.07, 6.45) is 7.75. The van der Waals surface area contributed by atoms with Gasteiger partial charge in [0.25, 0.3) is 0 Å². The maximum Gasteiger partial charge on any atom is 0.205 e. The number of rotatable bonds is 4. The molecular formula is C12H19N3OS. The molecule has 2 aliphatic rings. The van der Waals surface area contributed by atoms with E-state index in [1.165, 1.54) is 37.1 Å². The summed E-state index contributed by atoms with van der Waals surface area (Å²) in [5.41, 5.74) is 0. The molecule has 94 valence electrons. The lowest BCUT2D eigenvalue weighted by Crippen LogP contribution is -2.30. The van der Waals surface area contributed by atoms with E-state index in [1.807, 2.05) is 7.11 Å². The van der Waals surface area contributed by atoms with Gasteiger partial charge in [-0.1, -0.05) is 11.3 Å². The maximum atomic E-state index is 5.44. The molecule has 2 aliphatic carbocycles. The van der Waals surface area contributed by atoms with Crippen molar-refractivity contribution in [3.63, 3.8) is 0 Å². The third-order valence-corrected chi connectivity index (χ3v) is 4.67. The topological polar surface area (TPSA) is 47.0 Å². The Morgan fingerprint density at radius 2 is 2.12 bits per heavy atom. The second-order valence-electron chi connectivity index (χ2n) is 5.09. The van der Waals surface area contributed by atoms with Gasteiger partial charge in [0.15, 0.2) is 0 Å². The summed E-state index contributed by atoms with van der Waals surface area (Å²) in [4.78, 5) is 0. The van der Waals surface area contributed by atoms with Crippen LogP contribution in [0.25, 0.3) is 0 Å². The fourth-order valence-corrected chi connectivity index (χ4v) is 3.44. The largest absolute Gasteiger partial charge is 0.381 e. The molecule has 1 aromatic rings. The van der Waals surface area contributed by atoms with Crippen LogP contribution in [-0.2, 0) is 4.74 Å². The van der Waals surface area contributed by atoms with Gasteiger partial charge in [-0.25, -0.2) is 0 Å². The number of nitrogens with one attached hydrogen (secondary N) is 1. The van der Waals surface area contributed by atoms with E-state index in [9.17, 15) is 0 Å². The Labute approximate surface area is 106 Å². The molecule has 0 radical (unpaired) electrons. The van der Waals surface area contributed by atoms with Crippen molar-refractivity contribution < 1.29 is 4.74 Å². The molecule has 5 heteroatoms. The van der Waals surface area contributed by atoms with Crippen LogP contribution in [0.1, 0.15) is 49.5 Å². The predicted octanol–water partition coefficient (Wildman–Crippen LogP) is 2.79. The highest BCUT2D eigenvalue weighted by Gasteiger charge is 2.28. The highest BCUT2D eigenvalue weighted by molar-refractivity contribution is 7.15. The normalized spacial score (nSPS) is 29.2. The van der Waals surface area contributed by atoms with Gasteiger partial charge in [0.05, 0.1) is 6.10 Å². The van der Waals surface area contributed by atoms with Gasteiger partial charge < -0.3 is 10.1 Å². The van der Waals surface area contributed by atoms with E-state index in [2.05, 4.69) is 15.5 Å². The van der Waals surface area contributed by atoms with Crippen LogP contribution < -0.4 is 5.32 Å². The van der Waals surface area contributed by atoms with Crippen LogP contribution in [0.5, 0.6) is 0 Å². The molecule has 2 atom stereocenters. The SMILES string of the molecule is COC1CCCC(Nc2nnc(C3CC3)s2)C1. The number of ether oxygens (including phenoxy) is 1. The summed E-state index contributed by atoms with van der Waals surface area (Å²) in [5.74, 6) is 0.709. The summed E-state index contributed by atoms with van der Waals surface area (Å²) in [7, 11) is 1.81. The smallest absolute Gasteiger partial charge is 0.205 e. The Bertz CT molecular complexity index is 378. The van der Waals surface area contributed by atoms with E-state index in [4.69, 9.17) is 4.74 Å². The summed E-state index contributed by atoms with van der Waals surface area (Å²) in [6.45, 7) is 0. The van der Waals surface area contributed by atoms with Crippen molar-refractivity contribution in [1.29, 1.82) is 0 Å². The van der Waals surface area contributed by atoms with Crippen molar-refractivity contribution in [3.05, 3.63) is 5.01 Å². The van der Waals surface area contributed by atoms with Crippen LogP contribution in [-0.4, -0.2) is 29.5 Å². The minimum Gasteiger partial charge on any atom is -0.381 e. The van der Waals surface area contributed by atoms with Crippen molar-refractivity contribution in [2.45, 2.75) is 56.6 Å². The average Bonchev–Trinajstić information content (AvgIpc) is 3.11. The van der Waals surface area contributed by atoms with Gasteiger partial charge in [0, 0.05) is 19.1 Å². The number of methoxy groups -OCH3 is 1. The standard InChI is InChI=1S/C12H19N3OS/c1-16-10-4-2-3-9(7-10)13-12-15-14-11(17-12)8-5-6-8/h8-10H,2-7H2,1H3,(H,13,15). The molecule has 0 amide bonds. The van der Waals surface area contributed by atoms with Crippen LogP contribution >= 0.6 is 11.3 Å². The molecule has 1 N–H and O–H groups in total. The van der Waals surface area contributed by atoms with Crippen LogP contribution in [0, 0.1) is 0 Å².